The molecule has 0 fully saturated rings. The molecule has 1 amide bonds. The molecule has 1 aliphatic heterocycles. The first-order valence-corrected chi connectivity index (χ1v) is 3.24. The molecule has 0 radical (unpaired) electrons. The molecule has 0 aromatic carbocycles. The second kappa shape index (κ2) is 2.64. The molecular weight excluding hydrogens is 130 g/mol. The number of hydrogen-bond donors (Lipinski definition) is 0. The van der Waals surface area contributed by atoms with Crippen molar-refractivity contribution in [2.45, 2.75) is 6.92 Å². The predicted octanol–water partition coefficient (Wildman–Crippen LogP) is -0.0262. The van der Waals surface area contributed by atoms with Crippen molar-refractivity contribution >= 4 is 11.7 Å². The Kier molecular flexibility index (Phi) is 1.85. The Morgan fingerprint density at radius 3 is 2.70 bits per heavy atom. The van der Waals surface area contributed by atoms with E-state index in [9.17, 15) is 9.59 Å². The van der Waals surface area contributed by atoms with Crippen LogP contribution in [0.2, 0.25) is 0 Å². The van der Waals surface area contributed by atoms with E-state index < -0.39 is 0 Å². The van der Waals surface area contributed by atoms with E-state index >= 15 is 0 Å². The standard InChI is InChI=1S/C7H9NO2/c1-2-8-5-6(9)3-4-7(8)10/h3-4H,2,5H2,1H3. The Morgan fingerprint density at radius 1 is 1.50 bits per heavy atom. The quantitative estimate of drug-likeness (QED) is 0.511. The lowest BCUT2D eigenvalue weighted by atomic mass is 10.2. The number of ketones is 1. The number of likely N-dealkylation sites (N-methyl/N-ethyl adjacent to an activating group) is 1. The van der Waals surface area contributed by atoms with E-state index in [0.717, 1.165) is 0 Å². The number of hydrogen-bond acceptors (Lipinski definition) is 2. The molecule has 0 unspecified atom stereocenters. The molecule has 0 saturated heterocycles. The molecule has 0 N–H and O–H groups in total. The summed E-state index contributed by atoms with van der Waals surface area (Å²) in [5.41, 5.74) is 0. The Hall–Kier alpha value is -1.12. The van der Waals surface area contributed by atoms with Gasteiger partial charge in [0.1, 0.15) is 0 Å². The second-order valence-electron chi connectivity index (χ2n) is 2.15. The van der Waals surface area contributed by atoms with Gasteiger partial charge in [-0.15, -0.1) is 0 Å². The molecule has 3 nitrogen and oxygen atoms in total. The third-order valence-electron chi connectivity index (χ3n) is 1.45. The van der Waals surface area contributed by atoms with E-state index in [1.165, 1.54) is 17.1 Å². The van der Waals surface area contributed by atoms with Gasteiger partial charge >= 0.3 is 0 Å². The smallest absolute Gasteiger partial charge is 0.247 e. The summed E-state index contributed by atoms with van der Waals surface area (Å²) >= 11 is 0. The number of rotatable bonds is 1. The number of carbonyl (C=O) groups is 2. The van der Waals surface area contributed by atoms with Gasteiger partial charge in [-0.05, 0) is 13.0 Å². The van der Waals surface area contributed by atoms with Gasteiger partial charge < -0.3 is 4.90 Å². The van der Waals surface area contributed by atoms with E-state index in [2.05, 4.69) is 0 Å². The topological polar surface area (TPSA) is 37.4 Å². The van der Waals surface area contributed by atoms with Crippen LogP contribution in [-0.4, -0.2) is 29.7 Å². The van der Waals surface area contributed by atoms with Gasteiger partial charge in [0.25, 0.3) is 0 Å². The fourth-order valence-electron chi connectivity index (χ4n) is 0.856. The van der Waals surface area contributed by atoms with Crippen molar-refractivity contribution < 1.29 is 9.59 Å². The van der Waals surface area contributed by atoms with E-state index in [4.69, 9.17) is 0 Å². The van der Waals surface area contributed by atoms with Crippen molar-refractivity contribution in [2.75, 3.05) is 13.1 Å². The highest BCUT2D eigenvalue weighted by atomic mass is 16.2. The van der Waals surface area contributed by atoms with Gasteiger partial charge in [-0.2, -0.15) is 0 Å². The number of carbonyl (C=O) groups excluding carboxylic acids is 2. The minimum absolute atomic E-state index is 0.00134. The summed E-state index contributed by atoms with van der Waals surface area (Å²) in [6.07, 6.45) is 2.64. The highest BCUT2D eigenvalue weighted by Gasteiger charge is 2.15. The lowest BCUT2D eigenvalue weighted by Gasteiger charge is -2.19. The highest BCUT2D eigenvalue weighted by molar-refractivity contribution is 6.04. The first kappa shape index (κ1) is 6.99. The maximum absolute atomic E-state index is 10.9. The summed E-state index contributed by atoms with van der Waals surface area (Å²) in [6, 6.07) is 0. The lowest BCUT2D eigenvalue weighted by molar-refractivity contribution is -0.131. The van der Waals surface area contributed by atoms with Crippen LogP contribution in [0.5, 0.6) is 0 Å². The van der Waals surface area contributed by atoms with Crippen LogP contribution < -0.4 is 0 Å². The highest BCUT2D eigenvalue weighted by Crippen LogP contribution is 1.98. The largest absolute Gasteiger partial charge is 0.332 e. The third kappa shape index (κ3) is 1.23. The lowest BCUT2D eigenvalue weighted by Crippen LogP contribution is -2.36. The van der Waals surface area contributed by atoms with Gasteiger partial charge in [-0.1, -0.05) is 0 Å². The van der Waals surface area contributed by atoms with Crippen molar-refractivity contribution in [3.63, 3.8) is 0 Å². The predicted molar refractivity (Wildman–Crippen MR) is 36.4 cm³/mol. The van der Waals surface area contributed by atoms with Crippen LogP contribution in [0.3, 0.4) is 0 Å². The average molecular weight is 139 g/mol. The molecule has 54 valence electrons. The van der Waals surface area contributed by atoms with Crippen LogP contribution in [0.15, 0.2) is 12.2 Å². The molecule has 0 aliphatic carbocycles. The van der Waals surface area contributed by atoms with E-state index in [0.29, 0.717) is 6.54 Å². The normalized spacial score (nSPS) is 18.3. The summed E-state index contributed by atoms with van der Waals surface area (Å²) in [5, 5.41) is 0. The van der Waals surface area contributed by atoms with Gasteiger partial charge in [0.2, 0.25) is 5.91 Å². The van der Waals surface area contributed by atoms with E-state index in [1.54, 1.807) is 0 Å². The third-order valence-corrected chi connectivity index (χ3v) is 1.45. The summed E-state index contributed by atoms with van der Waals surface area (Å²) < 4.78 is 0. The SMILES string of the molecule is CCN1CC(=O)C=CC1=O. The van der Waals surface area contributed by atoms with Gasteiger partial charge in [-0.25, -0.2) is 0 Å². The maximum Gasteiger partial charge on any atom is 0.247 e. The molecule has 1 rings (SSSR count). The molecule has 1 aliphatic rings. The fourth-order valence-corrected chi connectivity index (χ4v) is 0.856. The van der Waals surface area contributed by atoms with Crippen LogP contribution in [-0.2, 0) is 9.59 Å². The first-order chi connectivity index (χ1) is 4.74. The van der Waals surface area contributed by atoms with Crippen LogP contribution in [0.25, 0.3) is 0 Å². The Balaban J connectivity index is 2.71. The number of nitrogens with zero attached hydrogens (tertiary/aromatic N) is 1. The molecule has 0 bridgehead atoms. The van der Waals surface area contributed by atoms with Crippen molar-refractivity contribution in [3.8, 4) is 0 Å². The molecule has 1 heterocycles. The van der Waals surface area contributed by atoms with Gasteiger partial charge in [0, 0.05) is 12.6 Å². The Morgan fingerprint density at radius 2 is 2.20 bits per heavy atom. The first-order valence-electron chi connectivity index (χ1n) is 3.24. The van der Waals surface area contributed by atoms with E-state index in [-0.39, 0.29) is 18.2 Å². The zero-order valence-corrected chi connectivity index (χ0v) is 5.83. The average Bonchev–Trinajstić information content (AvgIpc) is 1.94. The van der Waals surface area contributed by atoms with Crippen molar-refractivity contribution in [1.82, 2.24) is 4.90 Å². The Labute approximate surface area is 59.3 Å². The molecular formula is C7H9NO2. The van der Waals surface area contributed by atoms with Crippen LogP contribution >= 0.6 is 0 Å². The van der Waals surface area contributed by atoms with Crippen LogP contribution in [0.1, 0.15) is 6.92 Å². The van der Waals surface area contributed by atoms with E-state index in [1.807, 2.05) is 6.92 Å². The monoisotopic (exact) mass is 139 g/mol. The van der Waals surface area contributed by atoms with Gasteiger partial charge in [0.15, 0.2) is 5.78 Å². The summed E-state index contributed by atoms with van der Waals surface area (Å²) in [6.45, 7) is 2.70. The molecule has 10 heavy (non-hydrogen) atoms. The van der Waals surface area contributed by atoms with Crippen molar-refractivity contribution in [2.24, 2.45) is 0 Å². The molecule has 0 aromatic rings. The molecule has 0 atom stereocenters. The van der Waals surface area contributed by atoms with Crippen molar-refractivity contribution in [3.05, 3.63) is 12.2 Å². The second-order valence-corrected chi connectivity index (χ2v) is 2.15. The minimum Gasteiger partial charge on any atom is -0.332 e. The van der Waals surface area contributed by atoms with Crippen molar-refractivity contribution in [1.29, 1.82) is 0 Å². The van der Waals surface area contributed by atoms with Gasteiger partial charge in [-0.3, -0.25) is 9.59 Å². The Bertz CT molecular complexity index is 196. The zero-order chi connectivity index (χ0) is 7.56. The number of amides is 1. The molecule has 0 aromatic heterocycles. The fraction of sp³-hybridized carbons (Fsp3) is 0.429. The zero-order valence-electron chi connectivity index (χ0n) is 5.83. The maximum atomic E-state index is 10.9. The summed E-state index contributed by atoms with van der Waals surface area (Å²) in [5.74, 6) is -0.0662. The minimum atomic E-state index is -0.0675. The molecule has 0 saturated carbocycles. The van der Waals surface area contributed by atoms with Gasteiger partial charge in [0.05, 0.1) is 6.54 Å². The molecule has 3 heteroatoms. The molecule has 0 spiro atoms. The van der Waals surface area contributed by atoms with Crippen LogP contribution in [0, 0.1) is 0 Å². The van der Waals surface area contributed by atoms with Crippen LogP contribution in [0.4, 0.5) is 0 Å². The summed E-state index contributed by atoms with van der Waals surface area (Å²) in [7, 11) is 0. The summed E-state index contributed by atoms with van der Waals surface area (Å²) in [4.78, 5) is 23.1.